The summed E-state index contributed by atoms with van der Waals surface area (Å²) in [5.74, 6) is 0. The van der Waals surface area contributed by atoms with Crippen LogP contribution in [0, 0.1) is 5.41 Å². The Kier molecular flexibility index (Phi) is 5.32. The first kappa shape index (κ1) is 16.4. The Labute approximate surface area is 130 Å². The minimum Gasteiger partial charge on any atom is -0.388 e. The second-order valence-electron chi connectivity index (χ2n) is 7.74. The van der Waals surface area contributed by atoms with Gasteiger partial charge in [-0.15, -0.1) is 0 Å². The maximum absolute atomic E-state index is 10.3. The lowest BCUT2D eigenvalue weighted by Crippen LogP contribution is -2.26. The van der Waals surface area contributed by atoms with Crippen LogP contribution in [-0.2, 0) is 0 Å². The maximum atomic E-state index is 10.3. The molecule has 2 nitrogen and oxygen atoms in total. The van der Waals surface area contributed by atoms with E-state index >= 15 is 0 Å². The van der Waals surface area contributed by atoms with Gasteiger partial charge in [0.1, 0.15) is 0 Å². The number of hydrogen-bond donors (Lipinski definition) is 1. The number of aliphatic hydroxyl groups excluding tert-OH is 1. The molecule has 0 aliphatic carbocycles. The molecule has 1 aliphatic heterocycles. The first-order valence-corrected chi connectivity index (χ1v) is 8.41. The van der Waals surface area contributed by atoms with Gasteiger partial charge in [0.25, 0.3) is 0 Å². The summed E-state index contributed by atoms with van der Waals surface area (Å²) < 4.78 is 0. The SMILES string of the molecule is CC1CCCN1c1ccc(C(O)CCCC(C)(C)C)cc1. The molecule has 0 radical (unpaired) electrons. The zero-order valence-corrected chi connectivity index (χ0v) is 14.1. The van der Waals surface area contributed by atoms with Crippen LogP contribution in [0.5, 0.6) is 0 Å². The van der Waals surface area contributed by atoms with Crippen molar-refractivity contribution in [2.24, 2.45) is 5.41 Å². The maximum Gasteiger partial charge on any atom is 0.0790 e. The lowest BCUT2D eigenvalue weighted by molar-refractivity contribution is 0.158. The first-order chi connectivity index (χ1) is 9.87. The molecule has 1 saturated heterocycles. The molecular weight excluding hydrogens is 258 g/mol. The van der Waals surface area contributed by atoms with Crippen LogP contribution in [0.1, 0.15) is 71.5 Å². The number of hydrogen-bond acceptors (Lipinski definition) is 2. The van der Waals surface area contributed by atoms with Crippen molar-refractivity contribution in [3.05, 3.63) is 29.8 Å². The highest BCUT2D eigenvalue weighted by molar-refractivity contribution is 5.49. The molecule has 1 aromatic carbocycles. The average Bonchev–Trinajstić information content (AvgIpc) is 2.83. The number of aliphatic hydroxyl groups is 1. The van der Waals surface area contributed by atoms with Crippen LogP contribution in [0.2, 0.25) is 0 Å². The fourth-order valence-electron chi connectivity index (χ4n) is 3.20. The molecule has 118 valence electrons. The third-order valence-corrected chi connectivity index (χ3v) is 4.57. The molecule has 1 aromatic rings. The summed E-state index contributed by atoms with van der Waals surface area (Å²) in [4.78, 5) is 2.47. The Hall–Kier alpha value is -1.02. The second kappa shape index (κ2) is 6.83. The molecule has 0 saturated carbocycles. The summed E-state index contributed by atoms with van der Waals surface area (Å²) in [6.07, 6.45) is 5.35. The van der Waals surface area contributed by atoms with E-state index in [-0.39, 0.29) is 6.10 Å². The van der Waals surface area contributed by atoms with E-state index in [1.54, 1.807) is 0 Å². The van der Waals surface area contributed by atoms with Gasteiger partial charge in [0.05, 0.1) is 6.10 Å². The molecule has 1 aliphatic rings. The minimum atomic E-state index is -0.322. The van der Waals surface area contributed by atoms with Crippen molar-refractivity contribution in [1.82, 2.24) is 0 Å². The zero-order valence-electron chi connectivity index (χ0n) is 14.1. The predicted molar refractivity (Wildman–Crippen MR) is 90.7 cm³/mol. The highest BCUT2D eigenvalue weighted by Gasteiger charge is 2.20. The number of rotatable bonds is 5. The molecule has 2 heteroatoms. The largest absolute Gasteiger partial charge is 0.388 e. The quantitative estimate of drug-likeness (QED) is 0.831. The van der Waals surface area contributed by atoms with Crippen LogP contribution in [0.15, 0.2) is 24.3 Å². The van der Waals surface area contributed by atoms with E-state index < -0.39 is 0 Å². The molecule has 1 heterocycles. The lowest BCUT2D eigenvalue weighted by atomic mass is 9.88. The fraction of sp³-hybridized carbons (Fsp3) is 0.684. The Bertz CT molecular complexity index is 432. The molecule has 2 unspecified atom stereocenters. The van der Waals surface area contributed by atoms with Crippen molar-refractivity contribution >= 4 is 5.69 Å². The van der Waals surface area contributed by atoms with Gasteiger partial charge in [-0.1, -0.05) is 39.3 Å². The Morgan fingerprint density at radius 3 is 2.43 bits per heavy atom. The van der Waals surface area contributed by atoms with Crippen molar-refractivity contribution in [2.75, 3.05) is 11.4 Å². The molecule has 2 rings (SSSR count). The number of anilines is 1. The molecule has 0 amide bonds. The second-order valence-corrected chi connectivity index (χ2v) is 7.74. The van der Waals surface area contributed by atoms with Gasteiger partial charge in [0.2, 0.25) is 0 Å². The van der Waals surface area contributed by atoms with Gasteiger partial charge in [-0.25, -0.2) is 0 Å². The number of benzene rings is 1. The first-order valence-electron chi connectivity index (χ1n) is 8.41. The highest BCUT2D eigenvalue weighted by Crippen LogP contribution is 2.29. The normalized spacial score (nSPS) is 20.8. The molecule has 1 fully saturated rings. The third kappa shape index (κ3) is 4.74. The van der Waals surface area contributed by atoms with Crippen molar-refractivity contribution < 1.29 is 5.11 Å². The van der Waals surface area contributed by atoms with E-state index in [0.717, 1.165) is 31.4 Å². The van der Waals surface area contributed by atoms with Crippen molar-refractivity contribution in [3.8, 4) is 0 Å². The van der Waals surface area contributed by atoms with Gasteiger partial charge < -0.3 is 10.0 Å². The molecule has 0 bridgehead atoms. The van der Waals surface area contributed by atoms with Gasteiger partial charge in [-0.2, -0.15) is 0 Å². The zero-order chi connectivity index (χ0) is 15.5. The van der Waals surface area contributed by atoms with Crippen LogP contribution >= 0.6 is 0 Å². The van der Waals surface area contributed by atoms with Gasteiger partial charge in [-0.05, 0) is 55.7 Å². The van der Waals surface area contributed by atoms with Crippen LogP contribution in [-0.4, -0.2) is 17.7 Å². The smallest absolute Gasteiger partial charge is 0.0790 e. The van der Waals surface area contributed by atoms with Gasteiger partial charge in [-0.3, -0.25) is 0 Å². The standard InChI is InChI=1S/C19H31NO/c1-15-7-6-14-20(15)17-11-9-16(10-12-17)18(21)8-5-13-19(2,3)4/h9-12,15,18,21H,5-8,13-14H2,1-4H3. The Balaban J connectivity index is 1.89. The molecule has 2 atom stereocenters. The van der Waals surface area contributed by atoms with E-state index in [1.807, 2.05) is 0 Å². The average molecular weight is 289 g/mol. The molecule has 0 spiro atoms. The van der Waals surface area contributed by atoms with Crippen LogP contribution in [0.4, 0.5) is 5.69 Å². The lowest BCUT2D eigenvalue weighted by Gasteiger charge is -2.24. The van der Waals surface area contributed by atoms with Crippen LogP contribution < -0.4 is 4.90 Å². The van der Waals surface area contributed by atoms with E-state index in [9.17, 15) is 5.11 Å². The number of nitrogens with zero attached hydrogens (tertiary/aromatic N) is 1. The molecular formula is C19H31NO. The Morgan fingerprint density at radius 2 is 1.90 bits per heavy atom. The topological polar surface area (TPSA) is 23.5 Å². The van der Waals surface area contributed by atoms with Crippen LogP contribution in [0.3, 0.4) is 0 Å². The predicted octanol–water partition coefficient (Wildman–Crippen LogP) is 4.93. The van der Waals surface area contributed by atoms with E-state index in [4.69, 9.17) is 0 Å². The van der Waals surface area contributed by atoms with Gasteiger partial charge in [0, 0.05) is 18.3 Å². The highest BCUT2D eigenvalue weighted by atomic mass is 16.3. The monoisotopic (exact) mass is 289 g/mol. The summed E-state index contributed by atoms with van der Waals surface area (Å²) in [6, 6.07) is 9.19. The van der Waals surface area contributed by atoms with Gasteiger partial charge in [0.15, 0.2) is 0 Å². The minimum absolute atomic E-state index is 0.322. The van der Waals surface area contributed by atoms with E-state index in [1.165, 1.54) is 18.5 Å². The summed E-state index contributed by atoms with van der Waals surface area (Å²) in [6.45, 7) is 10.2. The summed E-state index contributed by atoms with van der Waals surface area (Å²) >= 11 is 0. The Morgan fingerprint density at radius 1 is 1.24 bits per heavy atom. The summed E-state index contributed by atoms with van der Waals surface area (Å²) in [5, 5.41) is 10.3. The fourth-order valence-corrected chi connectivity index (χ4v) is 3.20. The van der Waals surface area contributed by atoms with Crippen molar-refractivity contribution in [2.45, 2.75) is 71.9 Å². The van der Waals surface area contributed by atoms with Crippen molar-refractivity contribution in [3.63, 3.8) is 0 Å². The van der Waals surface area contributed by atoms with Crippen molar-refractivity contribution in [1.29, 1.82) is 0 Å². The summed E-state index contributed by atoms with van der Waals surface area (Å²) in [5.41, 5.74) is 2.71. The summed E-state index contributed by atoms with van der Waals surface area (Å²) in [7, 11) is 0. The molecule has 0 aromatic heterocycles. The molecule has 21 heavy (non-hydrogen) atoms. The molecule has 1 N–H and O–H groups in total. The van der Waals surface area contributed by atoms with Gasteiger partial charge >= 0.3 is 0 Å². The van der Waals surface area contributed by atoms with Crippen LogP contribution in [0.25, 0.3) is 0 Å². The van der Waals surface area contributed by atoms with E-state index in [2.05, 4.69) is 56.9 Å². The van der Waals surface area contributed by atoms with E-state index in [0.29, 0.717) is 11.5 Å². The third-order valence-electron chi connectivity index (χ3n) is 4.57.